The molecule has 0 aliphatic heterocycles. The molecule has 0 saturated heterocycles. The van der Waals surface area contributed by atoms with E-state index < -0.39 is 5.97 Å². The Kier molecular flexibility index (Phi) is 6.65. The van der Waals surface area contributed by atoms with Gasteiger partial charge in [0.05, 0.1) is 24.5 Å². The number of benzene rings is 1. The molecule has 0 atom stereocenters. The van der Waals surface area contributed by atoms with Gasteiger partial charge < -0.3 is 14.2 Å². The molecule has 148 valence electrons. The van der Waals surface area contributed by atoms with Gasteiger partial charge >= 0.3 is 5.97 Å². The first-order valence-corrected chi connectivity index (χ1v) is 10.0. The fraction of sp³-hybridized carbons (Fsp3) is 0.350. The SMILES string of the molecule is CCCCOc1ccc(C(=O)OCc2cc(=O)n3ccsc3n2)cc1OCC. The van der Waals surface area contributed by atoms with E-state index in [-0.39, 0.29) is 12.2 Å². The molecule has 3 rings (SSSR count). The van der Waals surface area contributed by atoms with Crippen molar-refractivity contribution in [2.75, 3.05) is 13.2 Å². The maximum Gasteiger partial charge on any atom is 0.338 e. The van der Waals surface area contributed by atoms with Crippen LogP contribution >= 0.6 is 11.3 Å². The van der Waals surface area contributed by atoms with Gasteiger partial charge in [-0.05, 0) is 31.5 Å². The van der Waals surface area contributed by atoms with Crippen LogP contribution in [0.4, 0.5) is 0 Å². The van der Waals surface area contributed by atoms with Crippen molar-refractivity contribution >= 4 is 22.3 Å². The van der Waals surface area contributed by atoms with Gasteiger partial charge in [-0.15, -0.1) is 11.3 Å². The molecule has 0 radical (unpaired) electrons. The van der Waals surface area contributed by atoms with Gasteiger partial charge in [0.25, 0.3) is 5.56 Å². The van der Waals surface area contributed by atoms with Crippen LogP contribution in [0.5, 0.6) is 11.5 Å². The number of ether oxygens (including phenoxy) is 3. The van der Waals surface area contributed by atoms with E-state index in [1.54, 1.807) is 29.8 Å². The summed E-state index contributed by atoms with van der Waals surface area (Å²) in [5, 5.41) is 1.78. The number of carbonyl (C=O) groups excluding carboxylic acids is 1. The molecule has 7 nitrogen and oxygen atoms in total. The maximum atomic E-state index is 12.4. The average molecular weight is 402 g/mol. The molecule has 0 amide bonds. The second-order valence-electron chi connectivity index (χ2n) is 6.01. The highest BCUT2D eigenvalue weighted by Gasteiger charge is 2.14. The summed E-state index contributed by atoms with van der Waals surface area (Å²) in [4.78, 5) is 29.3. The predicted octanol–water partition coefficient (Wildman–Crippen LogP) is 3.69. The van der Waals surface area contributed by atoms with Crippen LogP contribution in [0.2, 0.25) is 0 Å². The zero-order valence-corrected chi connectivity index (χ0v) is 16.7. The number of fused-ring (bicyclic) bond motifs is 1. The van der Waals surface area contributed by atoms with Crippen LogP contribution < -0.4 is 15.0 Å². The quantitative estimate of drug-likeness (QED) is 0.401. The molecule has 0 aliphatic carbocycles. The summed E-state index contributed by atoms with van der Waals surface area (Å²) in [7, 11) is 0. The Morgan fingerprint density at radius 3 is 2.82 bits per heavy atom. The topological polar surface area (TPSA) is 79.1 Å². The van der Waals surface area contributed by atoms with Crippen molar-refractivity contribution < 1.29 is 19.0 Å². The van der Waals surface area contributed by atoms with Gasteiger partial charge in [0.2, 0.25) is 0 Å². The average Bonchev–Trinajstić information content (AvgIpc) is 3.17. The zero-order chi connectivity index (χ0) is 19.9. The highest BCUT2D eigenvalue weighted by Crippen LogP contribution is 2.29. The number of nitrogens with zero attached hydrogens (tertiary/aromatic N) is 2. The van der Waals surface area contributed by atoms with Gasteiger partial charge in [0.15, 0.2) is 16.5 Å². The smallest absolute Gasteiger partial charge is 0.338 e. The van der Waals surface area contributed by atoms with Crippen LogP contribution in [0.1, 0.15) is 42.7 Å². The molecule has 0 N–H and O–H groups in total. The number of hydrogen-bond acceptors (Lipinski definition) is 7. The number of thiazole rings is 1. The molecule has 28 heavy (non-hydrogen) atoms. The van der Waals surface area contributed by atoms with Crippen LogP contribution in [0, 0.1) is 0 Å². The van der Waals surface area contributed by atoms with Crippen LogP contribution in [-0.4, -0.2) is 28.6 Å². The highest BCUT2D eigenvalue weighted by atomic mass is 32.1. The van der Waals surface area contributed by atoms with E-state index in [4.69, 9.17) is 14.2 Å². The van der Waals surface area contributed by atoms with Gasteiger partial charge in [-0.25, -0.2) is 9.78 Å². The van der Waals surface area contributed by atoms with Gasteiger partial charge in [-0.3, -0.25) is 9.20 Å². The van der Waals surface area contributed by atoms with Crippen molar-refractivity contribution in [1.82, 2.24) is 9.38 Å². The molecular formula is C20H22N2O5S. The van der Waals surface area contributed by atoms with Gasteiger partial charge in [-0.1, -0.05) is 13.3 Å². The van der Waals surface area contributed by atoms with Crippen LogP contribution in [0.3, 0.4) is 0 Å². The Morgan fingerprint density at radius 2 is 2.04 bits per heavy atom. The molecule has 1 aromatic carbocycles. The standard InChI is InChI=1S/C20H22N2O5S/c1-3-5-9-26-16-7-6-14(11-17(16)25-4-2)19(24)27-13-15-12-18(23)22-8-10-28-20(22)21-15/h6-8,10-12H,3-5,9,13H2,1-2H3. The first-order valence-electron chi connectivity index (χ1n) is 9.15. The van der Waals surface area contributed by atoms with E-state index in [9.17, 15) is 9.59 Å². The molecular weight excluding hydrogens is 380 g/mol. The molecule has 0 unspecified atom stereocenters. The molecule has 0 aliphatic rings. The van der Waals surface area contributed by atoms with E-state index in [1.165, 1.54) is 21.8 Å². The number of rotatable bonds is 9. The van der Waals surface area contributed by atoms with Crippen molar-refractivity contribution in [3.8, 4) is 11.5 Å². The molecule has 8 heteroatoms. The fourth-order valence-electron chi connectivity index (χ4n) is 2.53. The van der Waals surface area contributed by atoms with E-state index >= 15 is 0 Å². The Morgan fingerprint density at radius 1 is 1.18 bits per heavy atom. The van der Waals surface area contributed by atoms with Crippen molar-refractivity contribution in [1.29, 1.82) is 0 Å². The molecule has 0 fully saturated rings. The third-order valence-electron chi connectivity index (χ3n) is 3.94. The fourth-order valence-corrected chi connectivity index (χ4v) is 3.27. The van der Waals surface area contributed by atoms with Crippen LogP contribution in [0.25, 0.3) is 4.96 Å². The first kappa shape index (κ1) is 19.9. The third kappa shape index (κ3) is 4.69. The zero-order valence-electron chi connectivity index (χ0n) is 15.8. The molecule has 0 bridgehead atoms. The number of aromatic nitrogens is 2. The molecule has 0 spiro atoms. The summed E-state index contributed by atoms with van der Waals surface area (Å²) >= 11 is 1.34. The second-order valence-corrected chi connectivity index (χ2v) is 6.89. The largest absolute Gasteiger partial charge is 0.490 e. The third-order valence-corrected chi connectivity index (χ3v) is 4.70. The number of unbranched alkanes of at least 4 members (excludes halogenated alkanes) is 1. The Balaban J connectivity index is 1.70. The Bertz CT molecular complexity index is 1010. The first-order chi connectivity index (χ1) is 13.6. The van der Waals surface area contributed by atoms with Crippen molar-refractivity contribution in [3.63, 3.8) is 0 Å². The second kappa shape index (κ2) is 9.36. The lowest BCUT2D eigenvalue weighted by molar-refractivity contribution is 0.0467. The summed E-state index contributed by atoms with van der Waals surface area (Å²) < 4.78 is 18.1. The minimum Gasteiger partial charge on any atom is -0.490 e. The molecule has 2 heterocycles. The highest BCUT2D eigenvalue weighted by molar-refractivity contribution is 7.15. The summed E-state index contributed by atoms with van der Waals surface area (Å²) in [6, 6.07) is 6.32. The van der Waals surface area contributed by atoms with E-state index in [1.807, 2.05) is 6.92 Å². The van der Waals surface area contributed by atoms with Crippen LogP contribution in [0.15, 0.2) is 40.6 Å². The van der Waals surface area contributed by atoms with Crippen molar-refractivity contribution in [2.45, 2.75) is 33.3 Å². The summed E-state index contributed by atoms with van der Waals surface area (Å²) in [6.45, 7) is 4.92. The normalized spacial score (nSPS) is 10.8. The van der Waals surface area contributed by atoms with Gasteiger partial charge in [0.1, 0.15) is 6.61 Å². The molecule has 3 aromatic rings. The Labute approximate surface area is 166 Å². The molecule has 0 saturated carbocycles. The number of carbonyl (C=O) groups is 1. The van der Waals surface area contributed by atoms with E-state index in [0.29, 0.717) is 40.9 Å². The van der Waals surface area contributed by atoms with Crippen molar-refractivity contribution in [3.05, 3.63) is 57.5 Å². The minimum atomic E-state index is -0.519. The minimum absolute atomic E-state index is 0.0821. The van der Waals surface area contributed by atoms with Crippen LogP contribution in [-0.2, 0) is 11.3 Å². The lowest BCUT2D eigenvalue weighted by atomic mass is 10.2. The van der Waals surface area contributed by atoms with E-state index in [2.05, 4.69) is 11.9 Å². The van der Waals surface area contributed by atoms with Crippen molar-refractivity contribution in [2.24, 2.45) is 0 Å². The van der Waals surface area contributed by atoms with Gasteiger partial charge in [-0.2, -0.15) is 0 Å². The van der Waals surface area contributed by atoms with E-state index in [0.717, 1.165) is 12.8 Å². The lowest BCUT2D eigenvalue weighted by Gasteiger charge is -2.13. The predicted molar refractivity (Wildman–Crippen MR) is 106 cm³/mol. The maximum absolute atomic E-state index is 12.4. The lowest BCUT2D eigenvalue weighted by Crippen LogP contribution is -2.14. The Hall–Kier alpha value is -2.87. The number of hydrogen-bond donors (Lipinski definition) is 0. The number of esters is 1. The summed E-state index contributed by atoms with van der Waals surface area (Å²) in [5.41, 5.74) is 0.551. The molecule has 2 aromatic heterocycles. The summed E-state index contributed by atoms with van der Waals surface area (Å²) in [6.07, 6.45) is 3.63. The monoisotopic (exact) mass is 402 g/mol. The summed E-state index contributed by atoms with van der Waals surface area (Å²) in [5.74, 6) is 0.586. The van der Waals surface area contributed by atoms with Gasteiger partial charge in [0, 0.05) is 17.6 Å².